The smallest absolute Gasteiger partial charge is 0.305 e. The minimum Gasteiger partial charge on any atom is -0.315 e. The average Bonchev–Trinajstić information content (AvgIpc) is 2.75. The lowest BCUT2D eigenvalue weighted by Crippen LogP contribution is -2.32. The van der Waals surface area contributed by atoms with Gasteiger partial charge in [0.05, 0.1) is 0 Å². The van der Waals surface area contributed by atoms with Gasteiger partial charge in [0, 0.05) is 11.7 Å². The molecule has 90 valence electrons. The van der Waals surface area contributed by atoms with Gasteiger partial charge in [-0.1, -0.05) is 24.2 Å². The number of aromatic nitrogens is 1. The van der Waals surface area contributed by atoms with E-state index in [1.807, 2.05) is 0 Å². The van der Waals surface area contributed by atoms with Crippen LogP contribution in [0.5, 0.6) is 0 Å². The van der Waals surface area contributed by atoms with Gasteiger partial charge in [-0.3, -0.25) is 4.79 Å². The Labute approximate surface area is 97.9 Å². The molecule has 1 fully saturated rings. The Morgan fingerprint density at radius 1 is 1.38 bits per heavy atom. The summed E-state index contributed by atoms with van der Waals surface area (Å²) >= 11 is 0.743. The van der Waals surface area contributed by atoms with Crippen LogP contribution in [0.25, 0.3) is 0 Å². The van der Waals surface area contributed by atoms with E-state index in [1.165, 1.54) is 0 Å². The molecule has 0 spiro atoms. The van der Waals surface area contributed by atoms with Gasteiger partial charge in [0.25, 0.3) is 10.0 Å². The summed E-state index contributed by atoms with van der Waals surface area (Å²) in [4.78, 5) is 13.2. The lowest BCUT2D eigenvalue weighted by atomic mass is 10.3. The molecule has 2 rings (SSSR count). The van der Waals surface area contributed by atoms with Gasteiger partial charge in [-0.05, 0) is 19.8 Å². The third-order valence-electron chi connectivity index (χ3n) is 2.70. The number of hydrogen-bond acceptors (Lipinski definition) is 4. The van der Waals surface area contributed by atoms with Gasteiger partial charge < -0.3 is 4.98 Å². The van der Waals surface area contributed by atoms with E-state index in [0.717, 1.165) is 37.0 Å². The second kappa shape index (κ2) is 4.31. The Balaban J connectivity index is 2.24. The molecule has 0 saturated heterocycles. The van der Waals surface area contributed by atoms with E-state index in [9.17, 15) is 13.2 Å². The molecule has 0 atom stereocenters. The molecule has 5 nitrogen and oxygen atoms in total. The van der Waals surface area contributed by atoms with E-state index in [2.05, 4.69) is 9.71 Å². The van der Waals surface area contributed by atoms with Crippen LogP contribution in [-0.4, -0.2) is 19.4 Å². The first-order valence-corrected chi connectivity index (χ1v) is 7.51. The monoisotopic (exact) mass is 262 g/mol. The van der Waals surface area contributed by atoms with Crippen LogP contribution in [-0.2, 0) is 10.0 Å². The molecule has 0 aliphatic heterocycles. The van der Waals surface area contributed by atoms with Gasteiger partial charge in [-0.15, -0.1) is 0 Å². The predicted octanol–water partition coefficient (Wildman–Crippen LogP) is 0.966. The summed E-state index contributed by atoms with van der Waals surface area (Å²) in [6, 6.07) is 0.0293. The molecule has 7 heteroatoms. The fourth-order valence-corrected chi connectivity index (χ4v) is 4.59. The Morgan fingerprint density at radius 2 is 2.00 bits per heavy atom. The van der Waals surface area contributed by atoms with E-state index in [1.54, 1.807) is 6.92 Å². The molecule has 1 aromatic rings. The van der Waals surface area contributed by atoms with Crippen LogP contribution in [0, 0.1) is 6.92 Å². The van der Waals surface area contributed by atoms with Crippen molar-refractivity contribution in [1.29, 1.82) is 0 Å². The molecule has 0 bridgehead atoms. The standard InChI is InChI=1S/C9H14N2O3S2/c1-6-8(15-9(12)10-6)16(13,14)11-7-4-2-3-5-7/h7,11H,2-5H2,1H3,(H,10,12). The van der Waals surface area contributed by atoms with Crippen LogP contribution in [0.15, 0.2) is 9.00 Å². The van der Waals surface area contributed by atoms with Crippen LogP contribution in [0.1, 0.15) is 31.4 Å². The van der Waals surface area contributed by atoms with Gasteiger partial charge >= 0.3 is 4.87 Å². The van der Waals surface area contributed by atoms with Crippen molar-refractivity contribution >= 4 is 21.4 Å². The molecule has 1 saturated carbocycles. The van der Waals surface area contributed by atoms with E-state index in [-0.39, 0.29) is 15.1 Å². The van der Waals surface area contributed by atoms with E-state index in [4.69, 9.17) is 0 Å². The van der Waals surface area contributed by atoms with Gasteiger partial charge in [0.1, 0.15) is 0 Å². The number of rotatable bonds is 3. The SMILES string of the molecule is Cc1[nH]c(=O)sc1S(=O)(=O)NC1CCCC1. The Kier molecular flexibility index (Phi) is 3.18. The van der Waals surface area contributed by atoms with Crippen molar-refractivity contribution in [2.75, 3.05) is 0 Å². The normalized spacial score (nSPS) is 18.1. The average molecular weight is 262 g/mol. The van der Waals surface area contributed by atoms with Crippen molar-refractivity contribution in [1.82, 2.24) is 9.71 Å². The summed E-state index contributed by atoms with van der Waals surface area (Å²) in [6.07, 6.45) is 3.90. The van der Waals surface area contributed by atoms with E-state index in [0.29, 0.717) is 5.69 Å². The summed E-state index contributed by atoms with van der Waals surface area (Å²) in [5.74, 6) is 0. The highest BCUT2D eigenvalue weighted by Crippen LogP contribution is 2.22. The highest BCUT2D eigenvalue weighted by atomic mass is 32.2. The van der Waals surface area contributed by atoms with Crippen molar-refractivity contribution < 1.29 is 8.42 Å². The van der Waals surface area contributed by atoms with Crippen LogP contribution < -0.4 is 9.60 Å². The first-order valence-electron chi connectivity index (χ1n) is 5.21. The number of aryl methyl sites for hydroxylation is 1. The third-order valence-corrected chi connectivity index (χ3v) is 5.83. The van der Waals surface area contributed by atoms with Gasteiger partial charge in [0.2, 0.25) is 0 Å². The van der Waals surface area contributed by atoms with Crippen molar-refractivity contribution in [2.24, 2.45) is 0 Å². The minimum atomic E-state index is -3.52. The van der Waals surface area contributed by atoms with Gasteiger partial charge in [0.15, 0.2) is 4.21 Å². The molecule has 2 N–H and O–H groups in total. The molecule has 1 heterocycles. The lowest BCUT2D eigenvalue weighted by molar-refractivity contribution is 0.553. The first-order chi connectivity index (χ1) is 7.49. The number of thiazole rings is 1. The molecule has 0 unspecified atom stereocenters. The van der Waals surface area contributed by atoms with E-state index < -0.39 is 10.0 Å². The summed E-state index contributed by atoms with van der Waals surface area (Å²) < 4.78 is 26.7. The molecule has 0 amide bonds. The number of hydrogen-bond donors (Lipinski definition) is 2. The molecule has 0 aromatic carbocycles. The quantitative estimate of drug-likeness (QED) is 0.851. The fraction of sp³-hybridized carbons (Fsp3) is 0.667. The molecule has 1 aliphatic carbocycles. The number of sulfonamides is 1. The van der Waals surface area contributed by atoms with Crippen molar-refractivity contribution in [3.8, 4) is 0 Å². The zero-order valence-corrected chi connectivity index (χ0v) is 10.6. The molecular weight excluding hydrogens is 248 g/mol. The zero-order valence-electron chi connectivity index (χ0n) is 8.95. The molecular formula is C9H14N2O3S2. The number of aromatic amines is 1. The van der Waals surface area contributed by atoms with Crippen molar-refractivity contribution in [3.63, 3.8) is 0 Å². The maximum atomic E-state index is 12.0. The fourth-order valence-electron chi connectivity index (χ4n) is 1.96. The van der Waals surface area contributed by atoms with Crippen molar-refractivity contribution in [3.05, 3.63) is 15.4 Å². The Bertz CT molecular complexity index is 523. The number of H-pyrrole nitrogens is 1. The highest BCUT2D eigenvalue weighted by molar-refractivity contribution is 7.91. The number of nitrogens with one attached hydrogen (secondary N) is 2. The zero-order chi connectivity index (χ0) is 11.8. The predicted molar refractivity (Wildman–Crippen MR) is 62.3 cm³/mol. The van der Waals surface area contributed by atoms with Crippen LogP contribution >= 0.6 is 11.3 Å². The third kappa shape index (κ3) is 2.36. The molecule has 1 aromatic heterocycles. The lowest BCUT2D eigenvalue weighted by Gasteiger charge is -2.11. The molecule has 0 radical (unpaired) electrons. The molecule has 1 aliphatic rings. The second-order valence-corrected chi connectivity index (χ2v) is 6.92. The molecule has 16 heavy (non-hydrogen) atoms. The summed E-state index contributed by atoms with van der Waals surface area (Å²) in [7, 11) is -3.52. The minimum absolute atomic E-state index is 0.0293. The van der Waals surface area contributed by atoms with Crippen molar-refractivity contribution in [2.45, 2.75) is 42.9 Å². The van der Waals surface area contributed by atoms with Crippen LogP contribution in [0.4, 0.5) is 0 Å². The summed E-state index contributed by atoms with van der Waals surface area (Å²) in [6.45, 7) is 1.60. The van der Waals surface area contributed by atoms with Gasteiger partial charge in [-0.25, -0.2) is 13.1 Å². The van der Waals surface area contributed by atoms with Gasteiger partial charge in [-0.2, -0.15) is 0 Å². The van der Waals surface area contributed by atoms with Crippen LogP contribution in [0.3, 0.4) is 0 Å². The Hall–Kier alpha value is -0.660. The largest absolute Gasteiger partial charge is 0.315 e. The first kappa shape index (κ1) is 11.8. The highest BCUT2D eigenvalue weighted by Gasteiger charge is 2.25. The van der Waals surface area contributed by atoms with E-state index >= 15 is 0 Å². The second-order valence-electron chi connectivity index (χ2n) is 4.03. The Morgan fingerprint density at radius 3 is 2.50 bits per heavy atom. The maximum Gasteiger partial charge on any atom is 0.305 e. The summed E-state index contributed by atoms with van der Waals surface area (Å²) in [5.41, 5.74) is 0.417. The maximum absolute atomic E-state index is 12.0. The topological polar surface area (TPSA) is 79.0 Å². The van der Waals surface area contributed by atoms with Crippen LogP contribution in [0.2, 0.25) is 0 Å². The summed E-state index contributed by atoms with van der Waals surface area (Å²) in [5, 5.41) is 0.